The molecule has 0 aromatic heterocycles. The van der Waals surface area contributed by atoms with Gasteiger partial charge in [-0.05, 0) is 35.0 Å². The van der Waals surface area contributed by atoms with Crippen LogP contribution in [0.25, 0.3) is 0 Å². The van der Waals surface area contributed by atoms with Crippen LogP contribution in [0.4, 0.5) is 0 Å². The van der Waals surface area contributed by atoms with Crippen LogP contribution < -0.4 is 0 Å². The van der Waals surface area contributed by atoms with Gasteiger partial charge in [-0.1, -0.05) is 82.6 Å². The maximum atomic E-state index is 12.9. The average molecular weight is 415 g/mol. The molecule has 0 N–H and O–H groups in total. The van der Waals surface area contributed by atoms with Gasteiger partial charge in [0.1, 0.15) is 0 Å². The maximum absolute atomic E-state index is 12.9. The van der Waals surface area contributed by atoms with Gasteiger partial charge in [0.15, 0.2) is 0 Å². The SMILES string of the molecule is CCC(C)(C)C(C(=O)OOC(=O)C1(C(C)CC(C)(C)C)OO1)C(C)CC(C)(C)C. The van der Waals surface area contributed by atoms with Crippen LogP contribution in [0.3, 0.4) is 0 Å². The summed E-state index contributed by atoms with van der Waals surface area (Å²) < 4.78 is 0. The minimum Gasteiger partial charge on any atom is -0.247 e. The lowest BCUT2D eigenvalue weighted by Crippen LogP contribution is -2.40. The average Bonchev–Trinajstić information content (AvgIpc) is 3.30. The van der Waals surface area contributed by atoms with Gasteiger partial charge in [-0.15, -0.1) is 0 Å². The molecule has 6 nitrogen and oxygen atoms in total. The zero-order valence-corrected chi connectivity index (χ0v) is 20.3. The Morgan fingerprint density at radius 3 is 1.72 bits per heavy atom. The van der Waals surface area contributed by atoms with Crippen LogP contribution in [0.5, 0.6) is 0 Å². The van der Waals surface area contributed by atoms with Gasteiger partial charge in [0.25, 0.3) is 0 Å². The van der Waals surface area contributed by atoms with Gasteiger partial charge >= 0.3 is 17.7 Å². The van der Waals surface area contributed by atoms with Crippen LogP contribution in [0.15, 0.2) is 0 Å². The summed E-state index contributed by atoms with van der Waals surface area (Å²) in [6, 6.07) is 0. The molecule has 0 aromatic carbocycles. The Kier molecular flexibility index (Phi) is 7.97. The highest BCUT2D eigenvalue weighted by Gasteiger charge is 2.64. The van der Waals surface area contributed by atoms with Crippen molar-refractivity contribution in [3.8, 4) is 0 Å². The summed E-state index contributed by atoms with van der Waals surface area (Å²) >= 11 is 0. The molecule has 170 valence electrons. The monoisotopic (exact) mass is 414 g/mol. The highest BCUT2D eigenvalue weighted by molar-refractivity contribution is 5.81. The van der Waals surface area contributed by atoms with Crippen molar-refractivity contribution in [1.29, 1.82) is 0 Å². The van der Waals surface area contributed by atoms with Gasteiger partial charge in [0.05, 0.1) is 5.92 Å². The van der Waals surface area contributed by atoms with E-state index < -0.39 is 23.6 Å². The van der Waals surface area contributed by atoms with Crippen molar-refractivity contribution in [2.24, 2.45) is 34.0 Å². The van der Waals surface area contributed by atoms with Crippen molar-refractivity contribution >= 4 is 11.9 Å². The first kappa shape index (κ1) is 25.9. The Morgan fingerprint density at radius 1 is 0.862 bits per heavy atom. The first-order chi connectivity index (χ1) is 12.9. The largest absolute Gasteiger partial charge is 0.420 e. The molecule has 0 spiro atoms. The summed E-state index contributed by atoms with van der Waals surface area (Å²) in [6.07, 6.45) is 2.33. The third-order valence-corrected chi connectivity index (χ3v) is 5.82. The summed E-state index contributed by atoms with van der Waals surface area (Å²) in [4.78, 5) is 45.5. The van der Waals surface area contributed by atoms with Gasteiger partial charge in [-0.3, -0.25) is 0 Å². The van der Waals surface area contributed by atoms with Gasteiger partial charge in [0.2, 0.25) is 0 Å². The van der Waals surface area contributed by atoms with Gasteiger partial charge in [0, 0.05) is 5.92 Å². The number of carbonyl (C=O) groups is 2. The van der Waals surface area contributed by atoms with Crippen LogP contribution in [0.2, 0.25) is 0 Å². The fourth-order valence-corrected chi connectivity index (χ4v) is 4.35. The predicted molar refractivity (Wildman–Crippen MR) is 111 cm³/mol. The zero-order chi connectivity index (χ0) is 22.8. The molecular weight excluding hydrogens is 372 g/mol. The van der Waals surface area contributed by atoms with Crippen molar-refractivity contribution < 1.29 is 29.1 Å². The summed E-state index contributed by atoms with van der Waals surface area (Å²) in [7, 11) is 0. The Bertz CT molecular complexity index is 577. The molecule has 0 saturated carbocycles. The lowest BCUT2D eigenvalue weighted by Gasteiger charge is -2.37. The normalized spacial score (nSPS) is 19.8. The van der Waals surface area contributed by atoms with E-state index >= 15 is 0 Å². The topological polar surface area (TPSA) is 77.7 Å². The number of hydrogen-bond donors (Lipinski definition) is 0. The van der Waals surface area contributed by atoms with Crippen LogP contribution in [0.1, 0.15) is 95.4 Å². The molecule has 6 heteroatoms. The fraction of sp³-hybridized carbons (Fsp3) is 0.913. The predicted octanol–water partition coefficient (Wildman–Crippen LogP) is 5.84. The number of rotatable bonds is 8. The smallest absolute Gasteiger partial charge is 0.247 e. The Labute approximate surface area is 176 Å². The maximum Gasteiger partial charge on any atom is 0.420 e. The molecule has 3 unspecified atom stereocenters. The van der Waals surface area contributed by atoms with Crippen LogP contribution in [-0.4, -0.2) is 17.7 Å². The lowest BCUT2D eigenvalue weighted by molar-refractivity contribution is -0.271. The van der Waals surface area contributed by atoms with E-state index in [0.29, 0.717) is 6.42 Å². The van der Waals surface area contributed by atoms with Crippen LogP contribution in [-0.2, 0) is 29.1 Å². The quantitative estimate of drug-likeness (QED) is 0.282. The minimum atomic E-state index is -1.49. The minimum absolute atomic E-state index is 0.0166. The highest BCUT2D eigenvalue weighted by atomic mass is 17.4. The van der Waals surface area contributed by atoms with Crippen molar-refractivity contribution in [1.82, 2.24) is 0 Å². The van der Waals surface area contributed by atoms with Crippen molar-refractivity contribution in [3.05, 3.63) is 0 Å². The molecule has 3 atom stereocenters. The van der Waals surface area contributed by atoms with E-state index in [1.54, 1.807) is 0 Å². The molecule has 0 radical (unpaired) electrons. The molecule has 1 aliphatic heterocycles. The molecule has 1 aliphatic rings. The van der Waals surface area contributed by atoms with Crippen molar-refractivity contribution in [2.45, 2.75) is 101 Å². The standard InChI is InChI=1S/C23H42O6/c1-12-22(10,11)17(15(2)13-20(4,5)6)18(24)26-27-19(25)23(28-29-23)16(3)14-21(7,8)9/h15-17H,12-14H2,1-11H3. The summed E-state index contributed by atoms with van der Waals surface area (Å²) in [5.74, 6) is -3.40. The molecular formula is C23H42O6. The Hall–Kier alpha value is -1.14. The number of carbonyl (C=O) groups excluding carboxylic acids is 2. The lowest BCUT2D eigenvalue weighted by atomic mass is 9.67. The number of hydrogen-bond acceptors (Lipinski definition) is 6. The Morgan fingerprint density at radius 2 is 1.34 bits per heavy atom. The third-order valence-electron chi connectivity index (χ3n) is 5.82. The molecule has 1 fully saturated rings. The first-order valence-corrected chi connectivity index (χ1v) is 10.7. The molecule has 0 bridgehead atoms. The van der Waals surface area contributed by atoms with E-state index in [0.717, 1.165) is 12.8 Å². The van der Waals surface area contributed by atoms with E-state index in [2.05, 4.69) is 48.5 Å². The molecule has 29 heavy (non-hydrogen) atoms. The van der Waals surface area contributed by atoms with E-state index in [1.165, 1.54) is 0 Å². The van der Waals surface area contributed by atoms with Gasteiger partial charge in [-0.25, -0.2) is 19.4 Å². The Balaban J connectivity index is 2.84. The summed E-state index contributed by atoms with van der Waals surface area (Å²) in [6.45, 7) is 22.7. The summed E-state index contributed by atoms with van der Waals surface area (Å²) in [5.41, 5.74) is -0.240. The van der Waals surface area contributed by atoms with Crippen molar-refractivity contribution in [2.75, 3.05) is 0 Å². The van der Waals surface area contributed by atoms with Crippen LogP contribution in [0, 0.1) is 34.0 Å². The summed E-state index contributed by atoms with van der Waals surface area (Å²) in [5, 5.41) is 0. The molecule has 0 aromatic rings. The highest BCUT2D eigenvalue weighted by Crippen LogP contribution is 2.44. The van der Waals surface area contributed by atoms with Gasteiger partial charge in [-0.2, -0.15) is 9.78 Å². The molecule has 0 amide bonds. The molecule has 1 rings (SSSR count). The third kappa shape index (κ3) is 7.25. The van der Waals surface area contributed by atoms with E-state index in [1.807, 2.05) is 27.7 Å². The second kappa shape index (κ2) is 8.93. The second-order valence-corrected chi connectivity index (χ2v) is 11.8. The molecule has 1 saturated heterocycles. The van der Waals surface area contributed by atoms with E-state index in [4.69, 9.17) is 19.6 Å². The second-order valence-electron chi connectivity index (χ2n) is 11.8. The van der Waals surface area contributed by atoms with E-state index in [9.17, 15) is 9.59 Å². The molecule has 0 aliphatic carbocycles. The first-order valence-electron chi connectivity index (χ1n) is 10.7. The molecule has 1 heterocycles. The van der Waals surface area contributed by atoms with Gasteiger partial charge < -0.3 is 0 Å². The van der Waals surface area contributed by atoms with Crippen molar-refractivity contribution in [3.63, 3.8) is 0 Å². The van der Waals surface area contributed by atoms with E-state index in [-0.39, 0.29) is 28.1 Å². The fourth-order valence-electron chi connectivity index (χ4n) is 4.35. The van der Waals surface area contributed by atoms with Crippen LogP contribution >= 0.6 is 0 Å². The zero-order valence-electron chi connectivity index (χ0n) is 20.3.